The van der Waals surface area contributed by atoms with Crippen molar-refractivity contribution < 1.29 is 4.79 Å². The first-order valence-electron chi connectivity index (χ1n) is 6.23. The number of aryl methyl sites for hydroxylation is 1. The van der Waals surface area contributed by atoms with Crippen LogP contribution in [0.1, 0.15) is 23.0 Å². The molecule has 0 aliphatic rings. The summed E-state index contributed by atoms with van der Waals surface area (Å²) in [6.07, 6.45) is 3.00. The number of nitrogens with zero attached hydrogens (tertiary/aromatic N) is 2. The van der Waals surface area contributed by atoms with Gasteiger partial charge in [-0.05, 0) is 31.5 Å². The fraction of sp³-hybridized carbons (Fsp3) is 0.214. The van der Waals surface area contributed by atoms with Crippen LogP contribution in [0, 0.1) is 6.92 Å². The van der Waals surface area contributed by atoms with Gasteiger partial charge < -0.3 is 10.6 Å². The Morgan fingerprint density at radius 2 is 2.10 bits per heavy atom. The lowest BCUT2D eigenvalue weighted by atomic mass is 10.2. The number of hydrogen-bond acceptors (Lipinski definition) is 4. The molecule has 1 heterocycles. The Bertz CT molecular complexity index is 613. The van der Waals surface area contributed by atoms with E-state index in [1.165, 1.54) is 6.20 Å². The predicted octanol–water partition coefficient (Wildman–Crippen LogP) is 3.23. The van der Waals surface area contributed by atoms with Crippen molar-refractivity contribution in [2.45, 2.75) is 13.8 Å². The molecule has 1 amide bonds. The van der Waals surface area contributed by atoms with E-state index in [1.807, 2.05) is 32.0 Å². The summed E-state index contributed by atoms with van der Waals surface area (Å²) in [5.74, 6) is 0.374. The van der Waals surface area contributed by atoms with Crippen molar-refractivity contribution in [2.75, 3.05) is 17.2 Å². The largest absolute Gasteiger partial charge is 0.369 e. The molecule has 104 valence electrons. The molecule has 0 aliphatic carbocycles. The monoisotopic (exact) mass is 334 g/mol. The van der Waals surface area contributed by atoms with Crippen LogP contribution in [-0.2, 0) is 0 Å². The molecule has 20 heavy (non-hydrogen) atoms. The van der Waals surface area contributed by atoms with Gasteiger partial charge in [0.25, 0.3) is 5.91 Å². The number of aromatic nitrogens is 2. The average Bonchev–Trinajstić information content (AvgIpc) is 2.44. The molecule has 0 saturated heterocycles. The van der Waals surface area contributed by atoms with Crippen LogP contribution in [0.3, 0.4) is 0 Å². The Kier molecular flexibility index (Phi) is 4.68. The van der Waals surface area contributed by atoms with E-state index < -0.39 is 0 Å². The zero-order valence-electron chi connectivity index (χ0n) is 11.3. The fourth-order valence-corrected chi connectivity index (χ4v) is 1.96. The molecule has 0 bridgehead atoms. The maximum atomic E-state index is 12.0. The van der Waals surface area contributed by atoms with Gasteiger partial charge in [0.1, 0.15) is 11.5 Å². The number of amides is 1. The van der Waals surface area contributed by atoms with Crippen LogP contribution in [0.4, 0.5) is 11.5 Å². The summed E-state index contributed by atoms with van der Waals surface area (Å²) in [5.41, 5.74) is 2.10. The standard InChI is InChI=1S/C14H15BrN4O/c1-3-16-13-8-17-12(7-18-13)14(20)19-10-5-4-9(2)11(15)6-10/h4-8H,3H2,1-2H3,(H,16,18)(H,19,20). The van der Waals surface area contributed by atoms with Crippen molar-refractivity contribution in [3.8, 4) is 0 Å². The number of hydrogen-bond donors (Lipinski definition) is 2. The zero-order chi connectivity index (χ0) is 14.5. The van der Waals surface area contributed by atoms with Crippen molar-refractivity contribution in [1.82, 2.24) is 9.97 Å². The van der Waals surface area contributed by atoms with Gasteiger partial charge in [-0.25, -0.2) is 9.97 Å². The number of halogens is 1. The van der Waals surface area contributed by atoms with Gasteiger partial charge in [0.05, 0.1) is 12.4 Å². The minimum atomic E-state index is -0.281. The minimum Gasteiger partial charge on any atom is -0.369 e. The molecule has 6 heteroatoms. The van der Waals surface area contributed by atoms with Crippen LogP contribution < -0.4 is 10.6 Å². The van der Waals surface area contributed by atoms with Crippen LogP contribution >= 0.6 is 15.9 Å². The first-order chi connectivity index (χ1) is 9.60. The van der Waals surface area contributed by atoms with Crippen LogP contribution in [-0.4, -0.2) is 22.4 Å². The smallest absolute Gasteiger partial charge is 0.275 e. The minimum absolute atomic E-state index is 0.281. The molecule has 0 fully saturated rings. The normalized spacial score (nSPS) is 10.2. The van der Waals surface area contributed by atoms with E-state index in [-0.39, 0.29) is 11.6 Å². The third-order valence-electron chi connectivity index (χ3n) is 2.67. The summed E-state index contributed by atoms with van der Waals surface area (Å²) in [6, 6.07) is 5.63. The molecule has 2 rings (SSSR count). The predicted molar refractivity (Wildman–Crippen MR) is 83.0 cm³/mol. The Morgan fingerprint density at radius 1 is 1.30 bits per heavy atom. The fourth-order valence-electron chi connectivity index (χ4n) is 1.58. The van der Waals surface area contributed by atoms with E-state index in [4.69, 9.17) is 0 Å². The molecule has 1 aromatic heterocycles. The van der Waals surface area contributed by atoms with Gasteiger partial charge in [-0.1, -0.05) is 22.0 Å². The summed E-state index contributed by atoms with van der Waals surface area (Å²) >= 11 is 3.43. The molecule has 5 nitrogen and oxygen atoms in total. The number of benzene rings is 1. The van der Waals surface area contributed by atoms with E-state index >= 15 is 0 Å². The second kappa shape index (κ2) is 6.47. The van der Waals surface area contributed by atoms with Gasteiger partial charge in [-0.2, -0.15) is 0 Å². The summed E-state index contributed by atoms with van der Waals surface area (Å²) in [6.45, 7) is 4.72. The molecule has 0 spiro atoms. The molecule has 0 saturated carbocycles. The van der Waals surface area contributed by atoms with E-state index in [0.717, 1.165) is 16.6 Å². The number of rotatable bonds is 4. The van der Waals surface area contributed by atoms with E-state index in [1.54, 1.807) is 6.20 Å². The molecule has 0 radical (unpaired) electrons. The molecule has 2 N–H and O–H groups in total. The average molecular weight is 335 g/mol. The van der Waals surface area contributed by atoms with Gasteiger partial charge in [0.2, 0.25) is 0 Å². The Balaban J connectivity index is 2.09. The Morgan fingerprint density at radius 3 is 2.70 bits per heavy atom. The molecule has 0 atom stereocenters. The molecular formula is C14H15BrN4O. The maximum absolute atomic E-state index is 12.0. The van der Waals surface area contributed by atoms with Crippen LogP contribution in [0.25, 0.3) is 0 Å². The summed E-state index contributed by atoms with van der Waals surface area (Å²) in [7, 11) is 0. The second-order valence-electron chi connectivity index (χ2n) is 4.24. The van der Waals surface area contributed by atoms with Crippen LogP contribution in [0.2, 0.25) is 0 Å². The number of nitrogens with one attached hydrogen (secondary N) is 2. The SMILES string of the molecule is CCNc1cnc(C(=O)Nc2ccc(C)c(Br)c2)cn1. The highest BCUT2D eigenvalue weighted by Gasteiger charge is 2.09. The summed E-state index contributed by atoms with van der Waals surface area (Å²) in [4.78, 5) is 20.2. The lowest BCUT2D eigenvalue weighted by molar-refractivity contribution is 0.102. The summed E-state index contributed by atoms with van der Waals surface area (Å²) in [5, 5.41) is 5.81. The van der Waals surface area contributed by atoms with Gasteiger partial charge in [0, 0.05) is 16.7 Å². The van der Waals surface area contributed by atoms with Crippen molar-refractivity contribution in [3.63, 3.8) is 0 Å². The molecule has 0 aliphatic heterocycles. The third kappa shape index (κ3) is 3.54. The maximum Gasteiger partial charge on any atom is 0.275 e. The van der Waals surface area contributed by atoms with Crippen molar-refractivity contribution in [1.29, 1.82) is 0 Å². The van der Waals surface area contributed by atoms with Gasteiger partial charge >= 0.3 is 0 Å². The quantitative estimate of drug-likeness (QED) is 0.900. The van der Waals surface area contributed by atoms with Gasteiger partial charge in [-0.3, -0.25) is 4.79 Å². The highest BCUT2D eigenvalue weighted by atomic mass is 79.9. The number of anilines is 2. The number of carbonyl (C=O) groups excluding carboxylic acids is 1. The molecular weight excluding hydrogens is 320 g/mol. The first kappa shape index (κ1) is 14.5. The second-order valence-corrected chi connectivity index (χ2v) is 5.09. The zero-order valence-corrected chi connectivity index (χ0v) is 12.9. The summed E-state index contributed by atoms with van der Waals surface area (Å²) < 4.78 is 0.948. The number of carbonyl (C=O) groups is 1. The van der Waals surface area contributed by atoms with Gasteiger partial charge in [0.15, 0.2) is 0 Å². The highest BCUT2D eigenvalue weighted by Crippen LogP contribution is 2.20. The van der Waals surface area contributed by atoms with Crippen molar-refractivity contribution in [2.24, 2.45) is 0 Å². The van der Waals surface area contributed by atoms with Crippen molar-refractivity contribution >= 4 is 33.3 Å². The highest BCUT2D eigenvalue weighted by molar-refractivity contribution is 9.10. The van der Waals surface area contributed by atoms with Crippen LogP contribution in [0.15, 0.2) is 35.1 Å². The van der Waals surface area contributed by atoms with Gasteiger partial charge in [-0.15, -0.1) is 0 Å². The van der Waals surface area contributed by atoms with E-state index in [9.17, 15) is 4.79 Å². The lowest BCUT2D eigenvalue weighted by Gasteiger charge is -2.07. The molecule has 0 unspecified atom stereocenters. The van der Waals surface area contributed by atoms with Crippen molar-refractivity contribution in [3.05, 3.63) is 46.3 Å². The first-order valence-corrected chi connectivity index (χ1v) is 7.03. The van der Waals surface area contributed by atoms with Crippen LogP contribution in [0.5, 0.6) is 0 Å². The Labute approximate surface area is 126 Å². The Hall–Kier alpha value is -1.95. The molecule has 1 aromatic carbocycles. The third-order valence-corrected chi connectivity index (χ3v) is 3.53. The van der Waals surface area contributed by atoms with E-state index in [2.05, 4.69) is 36.5 Å². The molecule has 2 aromatic rings. The lowest BCUT2D eigenvalue weighted by Crippen LogP contribution is -2.14. The van der Waals surface area contributed by atoms with E-state index in [0.29, 0.717) is 11.5 Å². The topological polar surface area (TPSA) is 66.9 Å².